The number of nitrogens with one attached hydrogen (secondary N) is 1. The molecular weight excluding hydrogens is 247 g/mol. The Hall–Kier alpha value is -0.610. The van der Waals surface area contributed by atoms with E-state index in [0.29, 0.717) is 18.7 Å². The largest absolute Gasteiger partial charge is 0.383 e. The first-order chi connectivity index (χ1) is 6.65. The van der Waals surface area contributed by atoms with Gasteiger partial charge < -0.3 is 11.1 Å². The van der Waals surface area contributed by atoms with Crippen LogP contribution in [0.3, 0.4) is 0 Å². The fourth-order valence-corrected chi connectivity index (χ4v) is 1.67. The lowest BCUT2D eigenvalue weighted by Crippen LogP contribution is -2.13. The van der Waals surface area contributed by atoms with Gasteiger partial charge in [0, 0.05) is 23.2 Å². The smallest absolute Gasteiger partial charge is 0.122 e. The van der Waals surface area contributed by atoms with Gasteiger partial charge in [-0.05, 0) is 40.5 Å². The van der Waals surface area contributed by atoms with Crippen molar-refractivity contribution >= 4 is 21.6 Å². The van der Waals surface area contributed by atoms with Crippen molar-refractivity contribution in [3.8, 4) is 0 Å². The van der Waals surface area contributed by atoms with E-state index in [-0.39, 0.29) is 0 Å². The molecule has 0 aromatic heterocycles. The molecule has 1 unspecified atom stereocenters. The minimum absolute atomic E-state index is 0.577. The summed E-state index contributed by atoms with van der Waals surface area (Å²) in [5.74, 6) is 0. The predicted octanol–water partition coefficient (Wildman–Crippen LogP) is 2.85. The molecule has 0 bridgehead atoms. The van der Waals surface area contributed by atoms with E-state index in [1.54, 1.807) is 12.1 Å². The average Bonchev–Trinajstić information content (AvgIpc) is 2.15. The van der Waals surface area contributed by atoms with E-state index in [1.165, 1.54) is 6.92 Å². The molecule has 0 aliphatic heterocycles. The lowest BCUT2D eigenvalue weighted by Gasteiger charge is -2.09. The van der Waals surface area contributed by atoms with Gasteiger partial charge >= 0.3 is 0 Å². The molecule has 78 valence electrons. The molecule has 4 heteroatoms. The zero-order chi connectivity index (χ0) is 10.6. The maximum Gasteiger partial charge on any atom is 0.122 e. The maximum absolute atomic E-state index is 12.9. The Bertz CT molecular complexity index is 302. The van der Waals surface area contributed by atoms with Crippen LogP contribution in [-0.2, 0) is 0 Å². The number of halogens is 2. The molecule has 3 N–H and O–H groups in total. The van der Waals surface area contributed by atoms with Crippen LogP contribution in [0.25, 0.3) is 0 Å². The second kappa shape index (κ2) is 5.32. The van der Waals surface area contributed by atoms with E-state index in [0.717, 1.165) is 10.2 Å². The number of alkyl halides is 1. The first-order valence-electron chi connectivity index (χ1n) is 4.52. The molecule has 0 spiro atoms. The Kier molecular flexibility index (Phi) is 4.35. The second-order valence-corrected chi connectivity index (χ2v) is 3.93. The Morgan fingerprint density at radius 2 is 2.29 bits per heavy atom. The average molecular weight is 261 g/mol. The highest BCUT2D eigenvalue weighted by Gasteiger charge is 2.05. The summed E-state index contributed by atoms with van der Waals surface area (Å²) >= 11 is 3.38. The van der Waals surface area contributed by atoms with Crippen LogP contribution in [-0.4, -0.2) is 13.1 Å². The van der Waals surface area contributed by atoms with Crippen molar-refractivity contribution in [3.63, 3.8) is 0 Å². The van der Waals surface area contributed by atoms with Crippen LogP contribution in [0.4, 0.5) is 10.1 Å². The first-order valence-corrected chi connectivity index (χ1v) is 5.32. The summed E-state index contributed by atoms with van der Waals surface area (Å²) < 4.78 is 13.8. The van der Waals surface area contributed by atoms with E-state index < -0.39 is 6.17 Å². The van der Waals surface area contributed by atoms with Crippen molar-refractivity contribution in [1.29, 1.82) is 0 Å². The standard InChI is InChI=1S/C10H14BrFN2/c1-7(12)8-2-3-10(9(11)6-8)14-5-4-13/h2-3,6-7,14H,4-5,13H2,1H3. The molecule has 0 saturated carbocycles. The molecule has 2 nitrogen and oxygen atoms in total. The zero-order valence-electron chi connectivity index (χ0n) is 8.06. The fourth-order valence-electron chi connectivity index (χ4n) is 1.13. The summed E-state index contributed by atoms with van der Waals surface area (Å²) in [5.41, 5.74) is 6.99. The van der Waals surface area contributed by atoms with Crippen LogP contribution in [0.2, 0.25) is 0 Å². The van der Waals surface area contributed by atoms with Crippen LogP contribution < -0.4 is 11.1 Å². The molecule has 0 heterocycles. The van der Waals surface area contributed by atoms with Crippen molar-refractivity contribution in [2.24, 2.45) is 5.73 Å². The summed E-state index contributed by atoms with van der Waals surface area (Å²) in [6.45, 7) is 2.81. The molecule has 1 aromatic carbocycles. The highest BCUT2D eigenvalue weighted by atomic mass is 79.9. The van der Waals surface area contributed by atoms with Gasteiger partial charge in [-0.2, -0.15) is 0 Å². The third kappa shape index (κ3) is 2.96. The molecule has 0 amide bonds. The van der Waals surface area contributed by atoms with Crippen LogP contribution in [0.15, 0.2) is 22.7 Å². The third-order valence-electron chi connectivity index (χ3n) is 1.91. The number of nitrogens with two attached hydrogens (primary N) is 1. The molecule has 1 rings (SSSR count). The number of hydrogen-bond acceptors (Lipinski definition) is 2. The Morgan fingerprint density at radius 1 is 1.57 bits per heavy atom. The molecule has 1 aromatic rings. The molecule has 14 heavy (non-hydrogen) atoms. The molecule has 0 aliphatic carbocycles. The van der Waals surface area contributed by atoms with Gasteiger partial charge in [-0.1, -0.05) is 6.07 Å². The number of benzene rings is 1. The summed E-state index contributed by atoms with van der Waals surface area (Å²) in [6, 6.07) is 5.41. The van der Waals surface area contributed by atoms with Gasteiger partial charge in [0.2, 0.25) is 0 Å². The fraction of sp³-hybridized carbons (Fsp3) is 0.400. The van der Waals surface area contributed by atoms with E-state index in [1.807, 2.05) is 6.07 Å². The number of rotatable bonds is 4. The number of hydrogen-bond donors (Lipinski definition) is 2. The van der Waals surface area contributed by atoms with Crippen LogP contribution in [0.1, 0.15) is 18.7 Å². The van der Waals surface area contributed by atoms with Crippen molar-refractivity contribution in [2.45, 2.75) is 13.1 Å². The van der Waals surface area contributed by atoms with Gasteiger partial charge in [0.05, 0.1) is 0 Å². The molecular formula is C10H14BrFN2. The maximum atomic E-state index is 12.9. The monoisotopic (exact) mass is 260 g/mol. The van der Waals surface area contributed by atoms with Crippen LogP contribution in [0, 0.1) is 0 Å². The lowest BCUT2D eigenvalue weighted by atomic mass is 10.1. The first kappa shape index (κ1) is 11.5. The van der Waals surface area contributed by atoms with E-state index in [4.69, 9.17) is 5.73 Å². The van der Waals surface area contributed by atoms with Gasteiger partial charge in [-0.15, -0.1) is 0 Å². The molecule has 0 saturated heterocycles. The van der Waals surface area contributed by atoms with Crippen molar-refractivity contribution in [3.05, 3.63) is 28.2 Å². The molecule has 0 aliphatic rings. The quantitative estimate of drug-likeness (QED) is 0.874. The third-order valence-corrected chi connectivity index (χ3v) is 2.57. The van der Waals surface area contributed by atoms with Crippen molar-refractivity contribution in [1.82, 2.24) is 0 Å². The normalized spacial score (nSPS) is 12.6. The summed E-state index contributed by atoms with van der Waals surface area (Å²) in [6.07, 6.45) is -0.935. The topological polar surface area (TPSA) is 38.0 Å². The van der Waals surface area contributed by atoms with Gasteiger partial charge in [-0.25, -0.2) is 4.39 Å². The van der Waals surface area contributed by atoms with Crippen LogP contribution >= 0.6 is 15.9 Å². The van der Waals surface area contributed by atoms with E-state index in [2.05, 4.69) is 21.2 Å². The van der Waals surface area contributed by atoms with Crippen molar-refractivity contribution in [2.75, 3.05) is 18.4 Å². The van der Waals surface area contributed by atoms with Gasteiger partial charge in [0.25, 0.3) is 0 Å². The lowest BCUT2D eigenvalue weighted by molar-refractivity contribution is 0.374. The minimum atomic E-state index is -0.935. The SMILES string of the molecule is CC(F)c1ccc(NCCN)c(Br)c1. The summed E-state index contributed by atoms with van der Waals surface area (Å²) in [4.78, 5) is 0. The predicted molar refractivity (Wildman–Crippen MR) is 61.2 cm³/mol. The summed E-state index contributed by atoms with van der Waals surface area (Å²) in [5, 5.41) is 3.13. The van der Waals surface area contributed by atoms with E-state index >= 15 is 0 Å². The van der Waals surface area contributed by atoms with Crippen molar-refractivity contribution < 1.29 is 4.39 Å². The molecule has 1 atom stereocenters. The zero-order valence-corrected chi connectivity index (χ0v) is 9.64. The minimum Gasteiger partial charge on any atom is -0.383 e. The van der Waals surface area contributed by atoms with Gasteiger partial charge in [0.15, 0.2) is 0 Å². The molecule has 0 fully saturated rings. The summed E-state index contributed by atoms with van der Waals surface area (Å²) in [7, 11) is 0. The highest BCUT2D eigenvalue weighted by Crippen LogP contribution is 2.27. The Labute approximate surface area is 91.8 Å². The Morgan fingerprint density at radius 3 is 2.79 bits per heavy atom. The van der Waals surface area contributed by atoms with Gasteiger partial charge in [-0.3, -0.25) is 0 Å². The highest BCUT2D eigenvalue weighted by molar-refractivity contribution is 9.10. The van der Waals surface area contributed by atoms with Gasteiger partial charge in [0.1, 0.15) is 6.17 Å². The molecule has 0 radical (unpaired) electrons. The van der Waals surface area contributed by atoms with E-state index in [9.17, 15) is 4.39 Å². The second-order valence-electron chi connectivity index (χ2n) is 3.07. The Balaban J connectivity index is 2.79. The number of anilines is 1. The van der Waals surface area contributed by atoms with Crippen LogP contribution in [0.5, 0.6) is 0 Å².